The molecule has 0 spiro atoms. The third-order valence-electron chi connectivity index (χ3n) is 14.1. The molecule has 0 aliphatic heterocycles. The predicted molar refractivity (Wildman–Crippen MR) is 295 cm³/mol. The van der Waals surface area contributed by atoms with Crippen LogP contribution in [0, 0.1) is 0 Å². The Bertz CT molecular complexity index is 1860. The van der Waals surface area contributed by atoms with Gasteiger partial charge >= 0.3 is 0 Å². The molecule has 0 rings (SSSR count). The molecule has 0 fully saturated rings. The van der Waals surface area contributed by atoms with E-state index in [9.17, 15) is 136 Å². The van der Waals surface area contributed by atoms with Crippen LogP contribution in [0.4, 0.5) is 0 Å². The van der Waals surface area contributed by atoms with Gasteiger partial charge < -0.3 is 142 Å². The van der Waals surface area contributed by atoms with E-state index in [-0.39, 0.29) is 19.0 Å². The van der Waals surface area contributed by atoms with E-state index in [1.54, 1.807) is 7.05 Å². The zero-order valence-electron chi connectivity index (χ0n) is 49.6. The van der Waals surface area contributed by atoms with Crippen molar-refractivity contribution in [3.05, 3.63) is 0 Å². The third kappa shape index (κ3) is 28.1. The molecule has 0 aromatic rings. The van der Waals surface area contributed by atoms with Gasteiger partial charge in [-0.1, -0.05) is 0 Å². The van der Waals surface area contributed by atoms with E-state index in [2.05, 4.69) is 5.32 Å². The van der Waals surface area contributed by atoms with Crippen molar-refractivity contribution in [2.24, 2.45) is 0 Å². The first-order chi connectivity index (χ1) is 40.0. The van der Waals surface area contributed by atoms with Crippen LogP contribution in [0.25, 0.3) is 0 Å². The van der Waals surface area contributed by atoms with E-state index in [1.165, 1.54) is 40.1 Å². The lowest BCUT2D eigenvalue weighted by atomic mass is 10.0. The lowest BCUT2D eigenvalue weighted by Gasteiger charge is -2.36. The van der Waals surface area contributed by atoms with Gasteiger partial charge in [0, 0.05) is 87.6 Å². The van der Waals surface area contributed by atoms with E-state index in [1.807, 2.05) is 0 Å². The van der Waals surface area contributed by atoms with Crippen molar-refractivity contribution < 1.29 is 136 Å². The molecule has 0 saturated carbocycles. The van der Waals surface area contributed by atoms with E-state index < -0.39 is 245 Å². The van der Waals surface area contributed by atoms with Gasteiger partial charge in [-0.15, -0.1) is 0 Å². The lowest BCUT2D eigenvalue weighted by Crippen LogP contribution is -2.55. The molecule has 0 aliphatic carbocycles. The number of carbonyl (C=O) groups is 6. The Hall–Kier alpha value is -4.18. The SMILES string of the molecule is CNCC(=O)N(C)CC(=O)N(C)CC(=O)N(C)CC(=O)N(C)CC(O)N(C)CC(=O)N(C)CC(=O)N(CCN(C[C@H](O)[C@@H](O)[C@H](O)[C@H](O)CO)C[C@H](O)[C@@H](O)[C@H](O)[C@H](O)CO)CCN(C[C@H](O)[C@@H](O)[C@H](O)[C@H](O)CO)C[C@H](O)[C@@H](O)[C@H](O)[C@H](O)CO. The van der Waals surface area contributed by atoms with Crippen LogP contribution in [-0.2, 0) is 28.8 Å². The number of hydrogen-bond acceptors (Lipinski definition) is 31. The molecule has 1 unspecified atom stereocenters. The number of rotatable bonds is 45. The standard InChI is InChI=1S/C49H98N10O27/c1-50-12-35(72)51(2)17-36(73)52(3)18-37(74)53(4)19-38(75)54(5)20-39(76)55(6)21-40(77)56(7)22-41(78)59(10-8-57(13-27(64)42(79)46(83)31(68)23-60)14-28(65)43(80)47(84)32(69)24-61)11-9-58(15-29(66)44(81)48(85)33(70)25-62)16-30(67)45(82)49(86)34(71)26-63/h27-34,39,42-50,60-71,76,79-86H,8-26H2,1-7H3/t27-,28-,29-,30-,31+,32+,33+,34+,39?,42+,43+,44+,45+,46+,47+,48+,49+/m0/s1. The Morgan fingerprint density at radius 2 is 0.558 bits per heavy atom. The maximum Gasteiger partial charge on any atom is 0.242 e. The Labute approximate surface area is 497 Å². The second-order valence-corrected chi connectivity index (χ2v) is 21.3. The smallest absolute Gasteiger partial charge is 0.242 e. The first-order valence-corrected chi connectivity index (χ1v) is 27.2. The summed E-state index contributed by atoms with van der Waals surface area (Å²) in [7, 11) is 9.32. The Morgan fingerprint density at radius 1 is 0.314 bits per heavy atom. The van der Waals surface area contributed by atoms with Gasteiger partial charge in [0.25, 0.3) is 0 Å². The highest BCUT2D eigenvalue weighted by Crippen LogP contribution is 2.15. The predicted octanol–water partition coefficient (Wildman–Crippen LogP) is -17.1. The monoisotopic (exact) mass is 1260 g/mol. The quantitative estimate of drug-likeness (QED) is 0.0252. The fraction of sp³-hybridized carbons (Fsp3) is 0.878. The number of aliphatic hydroxyl groups is 21. The van der Waals surface area contributed by atoms with Crippen molar-refractivity contribution in [2.75, 3.05) is 174 Å². The number of aliphatic hydroxyl groups excluding tert-OH is 21. The van der Waals surface area contributed by atoms with Gasteiger partial charge in [0.1, 0.15) is 79.5 Å². The van der Waals surface area contributed by atoms with Crippen LogP contribution in [0.3, 0.4) is 0 Å². The van der Waals surface area contributed by atoms with Gasteiger partial charge in [-0.05, 0) is 14.1 Å². The number of nitrogens with zero attached hydrogens (tertiary/aromatic N) is 9. The molecule has 0 saturated heterocycles. The van der Waals surface area contributed by atoms with E-state index >= 15 is 0 Å². The molecule has 17 atom stereocenters. The molecule has 0 radical (unpaired) electrons. The van der Waals surface area contributed by atoms with Crippen molar-refractivity contribution in [3.63, 3.8) is 0 Å². The number of likely N-dealkylation sites (N-methyl/N-ethyl adjacent to an activating group) is 7. The summed E-state index contributed by atoms with van der Waals surface area (Å²) >= 11 is 0. The summed E-state index contributed by atoms with van der Waals surface area (Å²) in [5.41, 5.74) is 0. The van der Waals surface area contributed by atoms with Gasteiger partial charge in [0.2, 0.25) is 35.4 Å². The molecule has 0 bridgehead atoms. The summed E-state index contributed by atoms with van der Waals surface area (Å²) in [6.45, 7) is -13.0. The molecule has 86 heavy (non-hydrogen) atoms. The Morgan fingerprint density at radius 3 is 0.837 bits per heavy atom. The van der Waals surface area contributed by atoms with E-state index in [0.717, 1.165) is 46.2 Å². The third-order valence-corrected chi connectivity index (χ3v) is 14.1. The van der Waals surface area contributed by atoms with Gasteiger partial charge in [-0.2, -0.15) is 0 Å². The molecule has 0 aliphatic rings. The molecule has 0 aromatic heterocycles. The van der Waals surface area contributed by atoms with Crippen LogP contribution < -0.4 is 5.32 Å². The number of carbonyl (C=O) groups excluding carboxylic acids is 6. The molecule has 22 N–H and O–H groups in total. The molecule has 37 heteroatoms. The summed E-state index contributed by atoms with van der Waals surface area (Å²) in [4.78, 5) is 88.1. The second kappa shape index (κ2) is 41.2. The fourth-order valence-electron chi connectivity index (χ4n) is 7.98. The average Bonchev–Trinajstić information content (AvgIpc) is 3.50. The first kappa shape index (κ1) is 81.8. The maximum absolute atomic E-state index is 14.4. The topological polar surface area (TPSA) is 568 Å². The minimum atomic E-state index is -2.22. The zero-order chi connectivity index (χ0) is 66.6. The molecule has 37 nitrogen and oxygen atoms in total. The van der Waals surface area contributed by atoms with Crippen molar-refractivity contribution in [3.8, 4) is 0 Å². The van der Waals surface area contributed by atoms with Crippen LogP contribution >= 0.6 is 0 Å². The molecular formula is C49H98N10O27. The summed E-state index contributed by atoms with van der Waals surface area (Å²) in [6.07, 6.45) is -35.4. The van der Waals surface area contributed by atoms with Gasteiger partial charge in [0.15, 0.2) is 0 Å². The Kier molecular flexibility index (Phi) is 39.2. The summed E-state index contributed by atoms with van der Waals surface area (Å²) < 4.78 is 0. The highest BCUT2D eigenvalue weighted by atomic mass is 16.4. The zero-order valence-corrected chi connectivity index (χ0v) is 49.6. The van der Waals surface area contributed by atoms with Crippen molar-refractivity contribution in [2.45, 2.75) is 104 Å². The number of hydrogen-bond donors (Lipinski definition) is 22. The summed E-state index contributed by atoms with van der Waals surface area (Å²) in [6, 6.07) is 0. The van der Waals surface area contributed by atoms with Crippen LogP contribution in [0.1, 0.15) is 0 Å². The second-order valence-electron chi connectivity index (χ2n) is 21.3. The lowest BCUT2D eigenvalue weighted by molar-refractivity contribution is -0.145. The number of amides is 6. The minimum Gasteiger partial charge on any atom is -0.394 e. The van der Waals surface area contributed by atoms with Crippen LogP contribution in [-0.4, -0.2) is 465 Å². The fourth-order valence-corrected chi connectivity index (χ4v) is 7.98. The van der Waals surface area contributed by atoms with E-state index in [0.29, 0.717) is 0 Å². The normalized spacial score (nSPS) is 18.0. The molecule has 0 aromatic carbocycles. The number of nitrogens with one attached hydrogen (secondary N) is 1. The minimum absolute atomic E-state index is 0.0202. The summed E-state index contributed by atoms with van der Waals surface area (Å²) in [5, 5.41) is 219. The average molecular weight is 1260 g/mol. The maximum atomic E-state index is 14.4. The largest absolute Gasteiger partial charge is 0.394 e. The molecule has 506 valence electrons. The van der Waals surface area contributed by atoms with Gasteiger partial charge in [-0.25, -0.2) is 0 Å². The van der Waals surface area contributed by atoms with E-state index in [4.69, 9.17) is 0 Å². The van der Waals surface area contributed by atoms with Crippen molar-refractivity contribution in [1.29, 1.82) is 0 Å². The van der Waals surface area contributed by atoms with Crippen LogP contribution in [0.5, 0.6) is 0 Å². The molecule has 6 amide bonds. The van der Waals surface area contributed by atoms with Crippen LogP contribution in [0.2, 0.25) is 0 Å². The van der Waals surface area contributed by atoms with Crippen LogP contribution in [0.15, 0.2) is 0 Å². The van der Waals surface area contributed by atoms with Crippen molar-refractivity contribution >= 4 is 35.4 Å². The summed E-state index contributed by atoms with van der Waals surface area (Å²) in [5.74, 6) is -4.03. The molecular weight excluding hydrogens is 1160 g/mol. The molecule has 0 heterocycles. The highest BCUT2D eigenvalue weighted by molar-refractivity contribution is 5.90. The van der Waals surface area contributed by atoms with Crippen molar-refractivity contribution in [1.82, 2.24) is 49.4 Å². The Balaban J connectivity index is 6.91. The van der Waals surface area contributed by atoms with Gasteiger partial charge in [0.05, 0.1) is 96.7 Å². The highest BCUT2D eigenvalue weighted by Gasteiger charge is 2.38. The van der Waals surface area contributed by atoms with Gasteiger partial charge in [-0.3, -0.25) is 43.5 Å². The first-order valence-electron chi connectivity index (χ1n) is 27.2.